The molecule has 1 unspecified atom stereocenters. The molecule has 0 saturated carbocycles. The van der Waals surface area contributed by atoms with Crippen LogP contribution in [0.3, 0.4) is 0 Å². The van der Waals surface area contributed by atoms with Crippen molar-refractivity contribution >= 4 is 18.3 Å². The minimum absolute atomic E-state index is 0. The summed E-state index contributed by atoms with van der Waals surface area (Å²) in [5, 5.41) is 0. The van der Waals surface area contributed by atoms with Gasteiger partial charge in [0.1, 0.15) is 0 Å². The average molecular weight is 339 g/mol. The largest absolute Gasteiger partial charge is 0.360 e. The van der Waals surface area contributed by atoms with Crippen LogP contribution in [0.15, 0.2) is 30.3 Å². The fourth-order valence-electron chi connectivity index (χ4n) is 3.63. The Morgan fingerprint density at radius 2 is 1.87 bits per heavy atom. The van der Waals surface area contributed by atoms with Gasteiger partial charge in [-0.25, -0.2) is 0 Å². The van der Waals surface area contributed by atoms with Gasteiger partial charge >= 0.3 is 0 Å². The quantitative estimate of drug-likeness (QED) is 0.922. The van der Waals surface area contributed by atoms with Crippen LogP contribution in [0.25, 0.3) is 0 Å². The standard InChI is InChI=1S/C18H26N2O2.ClH/c1-2-17(19)10-12-20(13-11-17)16(21)18(9-6-14-22-18)15-7-4-3-5-8-15;/h3-5,7-8H,2,6,9-14,19H2,1H3;1H. The van der Waals surface area contributed by atoms with Crippen LogP contribution in [-0.2, 0) is 15.1 Å². The smallest absolute Gasteiger partial charge is 0.259 e. The van der Waals surface area contributed by atoms with E-state index in [2.05, 4.69) is 6.92 Å². The number of benzene rings is 1. The second kappa shape index (κ2) is 7.20. The van der Waals surface area contributed by atoms with E-state index in [9.17, 15) is 4.79 Å². The lowest BCUT2D eigenvalue weighted by Gasteiger charge is -2.42. The summed E-state index contributed by atoms with van der Waals surface area (Å²) < 4.78 is 6.00. The molecule has 128 valence electrons. The average Bonchev–Trinajstić information content (AvgIpc) is 3.07. The molecule has 0 radical (unpaired) electrons. The third-order valence-electron chi connectivity index (χ3n) is 5.36. The molecule has 1 aromatic carbocycles. The summed E-state index contributed by atoms with van der Waals surface area (Å²) in [5.41, 5.74) is 6.45. The van der Waals surface area contributed by atoms with Crippen molar-refractivity contribution in [1.29, 1.82) is 0 Å². The topological polar surface area (TPSA) is 55.6 Å². The van der Waals surface area contributed by atoms with E-state index in [1.807, 2.05) is 35.2 Å². The Hall–Kier alpha value is -1.10. The second-order valence-corrected chi connectivity index (χ2v) is 6.65. The molecule has 5 heteroatoms. The van der Waals surface area contributed by atoms with Gasteiger partial charge in [-0.15, -0.1) is 12.4 Å². The number of hydrogen-bond acceptors (Lipinski definition) is 3. The van der Waals surface area contributed by atoms with E-state index in [1.54, 1.807) is 0 Å². The Morgan fingerprint density at radius 3 is 2.39 bits per heavy atom. The van der Waals surface area contributed by atoms with Gasteiger partial charge in [-0.2, -0.15) is 0 Å². The fraction of sp³-hybridized carbons (Fsp3) is 0.611. The SMILES string of the molecule is CCC1(N)CCN(C(=O)C2(c3ccccc3)CCCO2)CC1.Cl. The van der Waals surface area contributed by atoms with Crippen LogP contribution in [-0.4, -0.2) is 36.0 Å². The molecule has 2 aliphatic rings. The van der Waals surface area contributed by atoms with Crippen molar-refractivity contribution < 1.29 is 9.53 Å². The number of amides is 1. The zero-order chi connectivity index (χ0) is 15.6. The Bertz CT molecular complexity index is 521. The van der Waals surface area contributed by atoms with E-state index in [-0.39, 0.29) is 23.9 Å². The number of carbonyl (C=O) groups is 1. The highest BCUT2D eigenvalue weighted by Gasteiger charge is 2.47. The molecule has 1 amide bonds. The Morgan fingerprint density at radius 1 is 1.22 bits per heavy atom. The third-order valence-corrected chi connectivity index (χ3v) is 5.36. The van der Waals surface area contributed by atoms with Crippen molar-refractivity contribution in [3.63, 3.8) is 0 Å². The first-order valence-corrected chi connectivity index (χ1v) is 8.37. The van der Waals surface area contributed by atoms with E-state index in [0.717, 1.165) is 50.8 Å². The highest BCUT2D eigenvalue weighted by molar-refractivity contribution is 5.87. The number of halogens is 1. The Labute approximate surface area is 144 Å². The monoisotopic (exact) mass is 338 g/mol. The lowest BCUT2D eigenvalue weighted by atomic mass is 9.84. The molecule has 2 heterocycles. The van der Waals surface area contributed by atoms with Crippen molar-refractivity contribution in [2.24, 2.45) is 5.73 Å². The molecule has 4 nitrogen and oxygen atoms in total. The van der Waals surface area contributed by atoms with Gasteiger partial charge in [0.15, 0.2) is 5.60 Å². The molecule has 2 saturated heterocycles. The molecule has 0 bridgehead atoms. The van der Waals surface area contributed by atoms with Crippen molar-refractivity contribution in [2.45, 2.75) is 50.2 Å². The summed E-state index contributed by atoms with van der Waals surface area (Å²) in [5.74, 6) is 0.120. The lowest BCUT2D eigenvalue weighted by Crippen LogP contribution is -2.55. The molecular formula is C18H27ClN2O2. The van der Waals surface area contributed by atoms with Gasteiger partial charge in [-0.1, -0.05) is 37.3 Å². The first-order valence-electron chi connectivity index (χ1n) is 8.37. The molecule has 0 spiro atoms. The number of ether oxygens (including phenoxy) is 1. The predicted octanol–water partition coefficient (Wildman–Crippen LogP) is 2.84. The van der Waals surface area contributed by atoms with Crippen molar-refractivity contribution in [3.8, 4) is 0 Å². The summed E-state index contributed by atoms with van der Waals surface area (Å²) in [4.78, 5) is 15.1. The molecule has 23 heavy (non-hydrogen) atoms. The normalized spacial score (nSPS) is 26.6. The van der Waals surface area contributed by atoms with E-state index in [1.165, 1.54) is 0 Å². The third kappa shape index (κ3) is 3.39. The van der Waals surface area contributed by atoms with Crippen LogP contribution in [0.5, 0.6) is 0 Å². The minimum atomic E-state index is -0.776. The van der Waals surface area contributed by atoms with Gasteiger partial charge in [0.05, 0.1) is 0 Å². The molecule has 3 rings (SSSR count). The minimum Gasteiger partial charge on any atom is -0.360 e. The highest BCUT2D eigenvalue weighted by atomic mass is 35.5. The summed E-state index contributed by atoms with van der Waals surface area (Å²) in [6.45, 7) is 4.26. The number of nitrogens with zero attached hydrogens (tertiary/aromatic N) is 1. The summed E-state index contributed by atoms with van der Waals surface area (Å²) in [7, 11) is 0. The van der Waals surface area contributed by atoms with Crippen LogP contribution in [0, 0.1) is 0 Å². The van der Waals surface area contributed by atoms with Gasteiger partial charge in [0.2, 0.25) is 0 Å². The number of likely N-dealkylation sites (tertiary alicyclic amines) is 1. The maximum atomic E-state index is 13.2. The summed E-state index contributed by atoms with van der Waals surface area (Å²) >= 11 is 0. The van der Waals surface area contributed by atoms with Gasteiger partial charge < -0.3 is 15.4 Å². The van der Waals surface area contributed by atoms with Crippen LogP contribution < -0.4 is 5.73 Å². The molecule has 2 N–H and O–H groups in total. The van der Waals surface area contributed by atoms with Crippen molar-refractivity contribution in [3.05, 3.63) is 35.9 Å². The zero-order valence-corrected chi connectivity index (χ0v) is 14.6. The number of rotatable bonds is 3. The highest BCUT2D eigenvalue weighted by Crippen LogP contribution is 2.39. The molecular weight excluding hydrogens is 312 g/mol. The second-order valence-electron chi connectivity index (χ2n) is 6.65. The van der Waals surface area contributed by atoms with Crippen LogP contribution in [0.2, 0.25) is 0 Å². The van der Waals surface area contributed by atoms with E-state index >= 15 is 0 Å². The first-order chi connectivity index (χ1) is 10.6. The van der Waals surface area contributed by atoms with Gasteiger partial charge in [0.25, 0.3) is 5.91 Å². The molecule has 2 fully saturated rings. The Kier molecular flexibility index (Phi) is 5.71. The summed E-state index contributed by atoms with van der Waals surface area (Å²) in [6.07, 6.45) is 4.42. The molecule has 1 atom stereocenters. The zero-order valence-electron chi connectivity index (χ0n) is 13.8. The maximum absolute atomic E-state index is 13.2. The van der Waals surface area contributed by atoms with E-state index in [4.69, 9.17) is 10.5 Å². The van der Waals surface area contributed by atoms with Crippen molar-refractivity contribution in [1.82, 2.24) is 4.90 Å². The molecule has 0 aromatic heterocycles. The fourth-order valence-corrected chi connectivity index (χ4v) is 3.63. The van der Waals surface area contributed by atoms with Crippen LogP contribution in [0.1, 0.15) is 44.6 Å². The van der Waals surface area contributed by atoms with Gasteiger partial charge in [-0.3, -0.25) is 4.79 Å². The summed E-state index contributed by atoms with van der Waals surface area (Å²) in [6, 6.07) is 9.94. The molecule has 2 aliphatic heterocycles. The number of piperidine rings is 1. The predicted molar refractivity (Wildman–Crippen MR) is 93.6 cm³/mol. The number of carbonyl (C=O) groups excluding carboxylic acids is 1. The van der Waals surface area contributed by atoms with Crippen LogP contribution >= 0.6 is 12.4 Å². The van der Waals surface area contributed by atoms with E-state index in [0.29, 0.717) is 6.61 Å². The molecule has 0 aliphatic carbocycles. The lowest BCUT2D eigenvalue weighted by molar-refractivity contribution is -0.156. The van der Waals surface area contributed by atoms with Crippen molar-refractivity contribution in [2.75, 3.05) is 19.7 Å². The maximum Gasteiger partial charge on any atom is 0.259 e. The first kappa shape index (κ1) is 18.2. The number of hydrogen-bond donors (Lipinski definition) is 1. The Balaban J connectivity index is 0.00000192. The van der Waals surface area contributed by atoms with Gasteiger partial charge in [-0.05, 0) is 37.7 Å². The van der Waals surface area contributed by atoms with Gasteiger partial charge in [0, 0.05) is 25.2 Å². The molecule has 1 aromatic rings. The van der Waals surface area contributed by atoms with Crippen LogP contribution in [0.4, 0.5) is 0 Å². The van der Waals surface area contributed by atoms with E-state index < -0.39 is 5.60 Å². The number of nitrogens with two attached hydrogens (primary N) is 1.